The fourth-order valence-electron chi connectivity index (χ4n) is 12.6. The zero-order chi connectivity index (χ0) is 41.4. The number of para-hydroxylation sites is 1. The van der Waals surface area contributed by atoms with Crippen molar-refractivity contribution >= 4 is 40.1 Å². The van der Waals surface area contributed by atoms with E-state index in [1.807, 2.05) is 0 Å². The van der Waals surface area contributed by atoms with Crippen molar-refractivity contribution in [2.24, 2.45) is 11.8 Å². The zero-order valence-electron chi connectivity index (χ0n) is 38.3. The Hall–Kier alpha value is -2.20. The normalized spacial score (nSPS) is 25.2. The molecule has 56 heavy (non-hydrogen) atoms. The Balaban J connectivity index is 1.88. The van der Waals surface area contributed by atoms with Crippen molar-refractivity contribution in [2.45, 2.75) is 178 Å². The van der Waals surface area contributed by atoms with E-state index in [9.17, 15) is 0 Å². The molecule has 3 aromatic rings. The fraction of sp³-hybridized carbons (Fsp3) is 0.617. The maximum Gasteiger partial charge on any atom is 0.469 e. The van der Waals surface area contributed by atoms with Crippen molar-refractivity contribution < 1.29 is 9.36 Å². The van der Waals surface area contributed by atoms with Crippen molar-refractivity contribution in [2.75, 3.05) is 4.57 Å². The van der Waals surface area contributed by atoms with E-state index in [1.165, 1.54) is 63.6 Å². The van der Waals surface area contributed by atoms with Gasteiger partial charge in [0.05, 0.1) is 12.1 Å². The van der Waals surface area contributed by atoms with Gasteiger partial charge in [-0.05, 0) is 142 Å². The molecule has 2 aromatic carbocycles. The third-order valence-electron chi connectivity index (χ3n) is 13.6. The lowest BCUT2D eigenvalue weighted by Gasteiger charge is -2.77. The number of imidazole rings is 1. The summed E-state index contributed by atoms with van der Waals surface area (Å²) in [4.78, 5) is 17.2. The van der Waals surface area contributed by atoms with Gasteiger partial charge in [-0.1, -0.05) is 76.2 Å². The van der Waals surface area contributed by atoms with Crippen LogP contribution in [0, 0.1) is 25.7 Å². The third-order valence-corrected chi connectivity index (χ3v) is 31.2. The molecule has 0 radical (unpaired) electrons. The molecule has 3 heterocycles. The predicted molar refractivity (Wildman–Crippen MR) is 246 cm³/mol. The summed E-state index contributed by atoms with van der Waals surface area (Å²) < 4.78 is 14.2. The van der Waals surface area contributed by atoms with Crippen molar-refractivity contribution in [3.63, 3.8) is 0 Å². The largest absolute Gasteiger partial charge is 0.469 e. The lowest BCUT2D eigenvalue weighted by molar-refractivity contribution is -0.705. The Morgan fingerprint density at radius 1 is 0.750 bits per heavy atom. The summed E-state index contributed by atoms with van der Waals surface area (Å²) in [5.74, 6) is 1.52. The number of anilines is 1. The number of fused-ring (bicyclic) bond motifs is 5. The van der Waals surface area contributed by atoms with Crippen LogP contribution in [0.3, 0.4) is 0 Å². The van der Waals surface area contributed by atoms with Crippen LogP contribution in [0.4, 0.5) is 5.69 Å². The van der Waals surface area contributed by atoms with E-state index in [4.69, 9.17) is 0 Å². The van der Waals surface area contributed by atoms with Gasteiger partial charge in [0.2, 0.25) is 8.40 Å². The molecule has 2 fully saturated rings. The maximum absolute atomic E-state index is 15.8. The number of hydrogen-bond donors (Lipinski definition) is 1. The van der Waals surface area contributed by atoms with E-state index in [2.05, 4.69) is 195 Å². The topological polar surface area (TPSA) is 38.8 Å². The molecule has 1 saturated heterocycles. The van der Waals surface area contributed by atoms with Crippen LogP contribution in [0.5, 0.6) is 0 Å². The molecule has 0 amide bonds. The maximum atomic E-state index is 15.8. The summed E-state index contributed by atoms with van der Waals surface area (Å²) in [6.07, 6.45) is 3.64. The van der Waals surface area contributed by atoms with Gasteiger partial charge < -0.3 is 9.36 Å². The summed E-state index contributed by atoms with van der Waals surface area (Å²) in [5, 5.41) is 1.71. The third kappa shape index (κ3) is 5.58. The second kappa shape index (κ2) is 13.7. The number of aromatic nitrogens is 2. The van der Waals surface area contributed by atoms with Gasteiger partial charge in [0.15, 0.2) is 0 Å². The molecular formula is C47H75N5OPSi2+. The number of benzene rings is 2. The molecule has 6 nitrogen and oxygen atoms in total. The van der Waals surface area contributed by atoms with Crippen LogP contribution in [0.2, 0.25) is 13.1 Å². The van der Waals surface area contributed by atoms with Crippen LogP contribution in [-0.2, 0) is 0 Å². The lowest BCUT2D eigenvalue weighted by atomic mass is 9.91. The summed E-state index contributed by atoms with van der Waals surface area (Å²) in [6.45, 7) is 43.5. The van der Waals surface area contributed by atoms with Crippen molar-refractivity contribution in [3.05, 3.63) is 87.6 Å². The second-order valence-corrected chi connectivity index (χ2v) is 32.0. The fourth-order valence-corrected chi connectivity index (χ4v) is 36.3. The van der Waals surface area contributed by atoms with Gasteiger partial charge in [-0.2, -0.15) is 0 Å². The lowest BCUT2D eigenvalue weighted by Crippen LogP contribution is -2.85. The molecule has 1 aromatic heterocycles. The van der Waals surface area contributed by atoms with Crippen LogP contribution in [-0.4, -0.2) is 50.9 Å². The van der Waals surface area contributed by atoms with Crippen molar-refractivity contribution in [1.29, 1.82) is 0 Å². The Morgan fingerprint density at radius 3 is 1.73 bits per heavy atom. The van der Waals surface area contributed by atoms with Gasteiger partial charge in [0.25, 0.3) is 5.45 Å². The minimum Gasteiger partial charge on any atom is -0.404 e. The van der Waals surface area contributed by atoms with Crippen molar-refractivity contribution in [3.8, 4) is 0 Å². The molecule has 7 rings (SSSR count). The van der Waals surface area contributed by atoms with Gasteiger partial charge in [0.1, 0.15) is 11.4 Å². The molecule has 3 atom stereocenters. The van der Waals surface area contributed by atoms with Gasteiger partial charge in [-0.25, -0.2) is 9.13 Å². The van der Waals surface area contributed by atoms with Crippen LogP contribution in [0.1, 0.15) is 168 Å². The van der Waals surface area contributed by atoms with Crippen LogP contribution in [0.15, 0.2) is 59.5 Å². The molecule has 0 unspecified atom stereocenters. The first-order valence-corrected chi connectivity index (χ1v) is 28.3. The zero-order valence-corrected chi connectivity index (χ0v) is 41.2. The Bertz CT molecular complexity index is 2050. The molecule has 2 aliphatic heterocycles. The monoisotopic (exact) mass is 813 g/mol. The highest BCUT2D eigenvalue weighted by molar-refractivity contribution is 7.87. The molecule has 4 aliphatic rings. The molecule has 1 spiro atoms. The summed E-state index contributed by atoms with van der Waals surface area (Å²) in [6, 6.07) is 18.8. The minimum atomic E-state index is -4.06. The van der Waals surface area contributed by atoms with E-state index in [0.717, 1.165) is 5.45 Å². The average Bonchev–Trinajstić information content (AvgIpc) is 3.76. The first kappa shape index (κ1) is 41.9. The molecule has 2 aliphatic carbocycles. The smallest absolute Gasteiger partial charge is 0.404 e. The highest BCUT2D eigenvalue weighted by atomic mass is 31.2. The Kier molecular flexibility index (Phi) is 10.2. The summed E-state index contributed by atoms with van der Waals surface area (Å²) in [5.41, 5.74) is 10.2. The molecule has 2 bridgehead atoms. The molecule has 1 N–H and O–H groups in total. The molecule has 306 valence electrons. The Labute approximate surface area is 343 Å². The number of hydrogen-bond acceptors (Lipinski definition) is 4. The summed E-state index contributed by atoms with van der Waals surface area (Å²) >= 11 is 0. The second-order valence-electron chi connectivity index (χ2n) is 21.3. The molecular weight excluding hydrogens is 738 g/mol. The molecule has 9 heteroatoms. The first-order chi connectivity index (χ1) is 25.9. The van der Waals surface area contributed by atoms with Gasteiger partial charge in [0, 0.05) is 53.7 Å². The minimum absolute atomic E-state index is 0.110. The van der Waals surface area contributed by atoms with E-state index >= 15 is 4.80 Å². The molecule has 1 saturated carbocycles. The van der Waals surface area contributed by atoms with Crippen LogP contribution >= 0.6 is 7.19 Å². The number of rotatable bonds is 7. The number of allylic oxidation sites excluding steroid dienone is 2. The van der Waals surface area contributed by atoms with E-state index in [-0.39, 0.29) is 23.2 Å². The highest BCUT2D eigenvalue weighted by Gasteiger charge is 2.76. The predicted octanol–water partition coefficient (Wildman–Crippen LogP) is 11.1. The average molecular weight is 813 g/mol. The van der Waals surface area contributed by atoms with Gasteiger partial charge >= 0.3 is 8.48 Å². The quantitative estimate of drug-likeness (QED) is 0.147. The van der Waals surface area contributed by atoms with Crippen molar-refractivity contribution in [1.82, 2.24) is 13.2 Å². The standard InChI is InChI=1S/C47H75N5OPSi2/c1-30(2)39-25-22-26-40(31(3)4)42(39)50-41-37-27-28-38(29-37)43(41)54(51(46(11,12)13)55(17,18)52(54)47(14,15)16)44(36-23-20-19-21-24-36)56(50,53)45-48(32(5)6)34(9)35(10)49(45)33(7)8/h19-26,30-33,37-38,53H,27-29H2,1-18H3/q+1/t37-,38+,56-/m1/s1. The van der Waals surface area contributed by atoms with Gasteiger partial charge in [-0.3, -0.25) is 8.67 Å². The first-order valence-electron chi connectivity index (χ1n) is 21.9. The highest BCUT2D eigenvalue weighted by Crippen LogP contribution is 2.84. The van der Waals surface area contributed by atoms with Crippen LogP contribution < -0.4 is 14.6 Å². The van der Waals surface area contributed by atoms with E-state index in [1.54, 1.807) is 5.31 Å². The summed E-state index contributed by atoms with van der Waals surface area (Å²) in [7, 11) is -8.91. The van der Waals surface area contributed by atoms with Gasteiger partial charge in [-0.15, -0.1) is 0 Å². The van der Waals surface area contributed by atoms with E-state index in [0.29, 0.717) is 23.7 Å². The number of nitrogens with zero attached hydrogens (tertiary/aromatic N) is 5. The SMILES string of the molecule is Cc1c(C)[n+](C(C)C)c([Si@]2(O)C(c3ccccc3)=P3(C4=C([C@@H]5CC[C@H]4C5)N2c2c(C(C)C)cccc2C(C)C)N(C(C)(C)C)[Si](C)(C)N3C(C)(C)C)n1C(C)C. The Morgan fingerprint density at radius 2 is 1.27 bits per heavy atom. The van der Waals surface area contributed by atoms with E-state index < -0.39 is 24.1 Å². The van der Waals surface area contributed by atoms with Crippen LogP contribution in [0.25, 0.3) is 0 Å².